The summed E-state index contributed by atoms with van der Waals surface area (Å²) in [5.74, 6) is 0.523. The molecule has 0 spiro atoms. The third kappa shape index (κ3) is 2.90. The molecule has 4 nitrogen and oxygen atoms in total. The molecule has 2 rings (SSSR count). The fourth-order valence-electron chi connectivity index (χ4n) is 2.68. The topological polar surface area (TPSA) is 63.4 Å². The summed E-state index contributed by atoms with van der Waals surface area (Å²) in [6.07, 6.45) is 3.50. The number of nitrogens with zero attached hydrogens (tertiary/aromatic N) is 1. The summed E-state index contributed by atoms with van der Waals surface area (Å²) < 4.78 is 26.9. The van der Waals surface area contributed by atoms with Gasteiger partial charge in [-0.25, -0.2) is 12.7 Å². The second-order valence-electron chi connectivity index (χ2n) is 5.83. The van der Waals surface area contributed by atoms with Crippen LogP contribution in [-0.2, 0) is 16.6 Å². The molecule has 1 aliphatic rings. The van der Waals surface area contributed by atoms with Crippen molar-refractivity contribution in [1.29, 1.82) is 0 Å². The summed E-state index contributed by atoms with van der Waals surface area (Å²) in [6, 6.07) is 3.64. The van der Waals surface area contributed by atoms with E-state index in [1.807, 2.05) is 19.9 Å². The molecule has 0 aliphatic heterocycles. The standard InChI is InChI=1S/C15H24N2O2S/c1-11-7-12(2)15(8-14(11)9-16)20(18,19)17(3)10-13-5-4-6-13/h7-8,13H,4-6,9-10,16H2,1-3H3. The van der Waals surface area contributed by atoms with Crippen LogP contribution in [-0.4, -0.2) is 26.3 Å². The lowest BCUT2D eigenvalue weighted by Gasteiger charge is -2.30. The van der Waals surface area contributed by atoms with Crippen molar-refractivity contribution in [3.63, 3.8) is 0 Å². The molecule has 0 atom stereocenters. The lowest BCUT2D eigenvalue weighted by Crippen LogP contribution is -2.34. The number of hydrogen-bond acceptors (Lipinski definition) is 3. The van der Waals surface area contributed by atoms with Crippen molar-refractivity contribution < 1.29 is 8.42 Å². The molecule has 20 heavy (non-hydrogen) atoms. The van der Waals surface area contributed by atoms with Gasteiger partial charge >= 0.3 is 0 Å². The maximum Gasteiger partial charge on any atom is 0.243 e. The van der Waals surface area contributed by atoms with Gasteiger partial charge in [0.2, 0.25) is 10.0 Å². The predicted molar refractivity (Wildman–Crippen MR) is 81.0 cm³/mol. The second-order valence-corrected chi connectivity index (χ2v) is 7.84. The largest absolute Gasteiger partial charge is 0.326 e. The highest BCUT2D eigenvalue weighted by Crippen LogP contribution is 2.29. The molecule has 0 radical (unpaired) electrons. The average molecular weight is 296 g/mol. The summed E-state index contributed by atoms with van der Waals surface area (Å²) in [6.45, 7) is 4.79. The first-order valence-electron chi connectivity index (χ1n) is 7.12. The monoisotopic (exact) mass is 296 g/mol. The van der Waals surface area contributed by atoms with Gasteiger partial charge in [0.25, 0.3) is 0 Å². The van der Waals surface area contributed by atoms with E-state index in [2.05, 4.69) is 0 Å². The summed E-state index contributed by atoms with van der Waals surface area (Å²) in [5, 5.41) is 0. The minimum absolute atomic E-state index is 0.362. The van der Waals surface area contributed by atoms with Crippen molar-refractivity contribution in [2.75, 3.05) is 13.6 Å². The van der Waals surface area contributed by atoms with Gasteiger partial charge in [-0.2, -0.15) is 0 Å². The first kappa shape index (κ1) is 15.5. The van der Waals surface area contributed by atoms with Crippen LogP contribution in [0, 0.1) is 19.8 Å². The van der Waals surface area contributed by atoms with Crippen molar-refractivity contribution in [2.24, 2.45) is 11.7 Å². The first-order valence-corrected chi connectivity index (χ1v) is 8.56. The summed E-state index contributed by atoms with van der Waals surface area (Å²) in [5.41, 5.74) is 8.43. The molecule has 0 unspecified atom stereocenters. The zero-order valence-corrected chi connectivity index (χ0v) is 13.3. The van der Waals surface area contributed by atoms with E-state index in [4.69, 9.17) is 5.73 Å². The van der Waals surface area contributed by atoms with Crippen LogP contribution < -0.4 is 5.73 Å². The van der Waals surface area contributed by atoms with Gasteiger partial charge in [0, 0.05) is 20.1 Å². The van der Waals surface area contributed by atoms with E-state index in [-0.39, 0.29) is 0 Å². The van der Waals surface area contributed by atoms with Gasteiger partial charge in [0.15, 0.2) is 0 Å². The van der Waals surface area contributed by atoms with Crippen LogP contribution in [0.2, 0.25) is 0 Å². The number of hydrogen-bond donors (Lipinski definition) is 1. The summed E-state index contributed by atoms with van der Waals surface area (Å²) >= 11 is 0. The Labute approximate surface area is 122 Å². The highest BCUT2D eigenvalue weighted by atomic mass is 32.2. The number of sulfonamides is 1. The molecule has 1 fully saturated rings. The minimum atomic E-state index is -3.41. The molecule has 0 amide bonds. The van der Waals surface area contributed by atoms with Crippen molar-refractivity contribution >= 4 is 10.0 Å². The van der Waals surface area contributed by atoms with E-state index < -0.39 is 10.0 Å². The zero-order valence-electron chi connectivity index (χ0n) is 12.5. The fourth-order valence-corrected chi connectivity index (χ4v) is 4.18. The summed E-state index contributed by atoms with van der Waals surface area (Å²) in [4.78, 5) is 0.394. The normalized spacial score (nSPS) is 16.4. The Kier molecular flexibility index (Phi) is 4.52. The third-order valence-corrected chi connectivity index (χ3v) is 6.25. The van der Waals surface area contributed by atoms with Crippen LogP contribution in [0.3, 0.4) is 0 Å². The van der Waals surface area contributed by atoms with Crippen molar-refractivity contribution in [3.8, 4) is 0 Å². The van der Waals surface area contributed by atoms with Crippen molar-refractivity contribution in [1.82, 2.24) is 4.31 Å². The van der Waals surface area contributed by atoms with Crippen LogP contribution in [0.5, 0.6) is 0 Å². The lowest BCUT2D eigenvalue weighted by molar-refractivity contribution is 0.263. The van der Waals surface area contributed by atoms with Crippen LogP contribution in [0.4, 0.5) is 0 Å². The number of benzene rings is 1. The van der Waals surface area contributed by atoms with Gasteiger partial charge in [-0.05, 0) is 55.4 Å². The Hall–Kier alpha value is -0.910. The molecule has 1 aromatic carbocycles. The van der Waals surface area contributed by atoms with Gasteiger partial charge in [-0.1, -0.05) is 12.5 Å². The second kappa shape index (κ2) is 5.84. The molecule has 2 N–H and O–H groups in total. The van der Waals surface area contributed by atoms with Gasteiger partial charge in [-0.3, -0.25) is 0 Å². The maximum atomic E-state index is 12.7. The van der Waals surface area contributed by atoms with Gasteiger partial charge in [-0.15, -0.1) is 0 Å². The fraction of sp³-hybridized carbons (Fsp3) is 0.600. The molecule has 0 saturated heterocycles. The van der Waals surface area contributed by atoms with Crippen LogP contribution in [0.15, 0.2) is 17.0 Å². The molecule has 1 aliphatic carbocycles. The molecule has 0 heterocycles. The number of aryl methyl sites for hydroxylation is 2. The smallest absolute Gasteiger partial charge is 0.243 e. The van der Waals surface area contributed by atoms with Gasteiger partial charge < -0.3 is 5.73 Å². The highest BCUT2D eigenvalue weighted by molar-refractivity contribution is 7.89. The SMILES string of the molecule is Cc1cc(C)c(S(=O)(=O)N(C)CC2CCC2)cc1CN. The number of nitrogens with two attached hydrogens (primary N) is 1. The third-order valence-electron chi connectivity index (χ3n) is 4.28. The molecule has 0 aromatic heterocycles. The Morgan fingerprint density at radius 1 is 1.25 bits per heavy atom. The molecular weight excluding hydrogens is 272 g/mol. The van der Waals surface area contributed by atoms with Crippen molar-refractivity contribution in [3.05, 3.63) is 28.8 Å². The predicted octanol–water partition coefficient (Wildman–Crippen LogP) is 2.18. The van der Waals surface area contributed by atoms with Crippen LogP contribution in [0.25, 0.3) is 0 Å². The van der Waals surface area contributed by atoms with E-state index in [1.54, 1.807) is 13.1 Å². The Balaban J connectivity index is 2.32. The Bertz CT molecular complexity index is 592. The van der Waals surface area contributed by atoms with Crippen LogP contribution in [0.1, 0.15) is 36.0 Å². The quantitative estimate of drug-likeness (QED) is 0.906. The van der Waals surface area contributed by atoms with E-state index in [9.17, 15) is 8.42 Å². The van der Waals surface area contributed by atoms with Crippen LogP contribution >= 0.6 is 0 Å². The Morgan fingerprint density at radius 3 is 2.40 bits per heavy atom. The summed E-state index contributed by atoms with van der Waals surface area (Å²) in [7, 11) is -1.74. The van der Waals surface area contributed by atoms with E-state index in [0.29, 0.717) is 23.9 Å². The van der Waals surface area contributed by atoms with Crippen molar-refractivity contribution in [2.45, 2.75) is 44.6 Å². The van der Waals surface area contributed by atoms with Gasteiger partial charge in [0.05, 0.1) is 4.90 Å². The van der Waals surface area contributed by atoms with E-state index in [0.717, 1.165) is 29.5 Å². The maximum absolute atomic E-state index is 12.7. The molecule has 0 bridgehead atoms. The van der Waals surface area contributed by atoms with E-state index in [1.165, 1.54) is 10.7 Å². The first-order chi connectivity index (χ1) is 9.36. The Morgan fingerprint density at radius 2 is 1.90 bits per heavy atom. The minimum Gasteiger partial charge on any atom is -0.326 e. The molecule has 112 valence electrons. The molecule has 5 heteroatoms. The molecular formula is C15H24N2O2S. The lowest BCUT2D eigenvalue weighted by atomic mass is 9.86. The average Bonchev–Trinajstić information content (AvgIpc) is 2.33. The zero-order chi connectivity index (χ0) is 14.9. The molecule has 1 saturated carbocycles. The van der Waals surface area contributed by atoms with E-state index >= 15 is 0 Å². The number of rotatable bonds is 5. The molecule has 1 aromatic rings. The highest BCUT2D eigenvalue weighted by Gasteiger charge is 2.28. The van der Waals surface area contributed by atoms with Gasteiger partial charge in [0.1, 0.15) is 0 Å².